The van der Waals surface area contributed by atoms with Crippen LogP contribution in [0, 0.1) is 46.3 Å². The number of aliphatic hydroxyl groups is 2. The van der Waals surface area contributed by atoms with Crippen molar-refractivity contribution >= 4 is 5.97 Å². The normalized spacial score (nSPS) is 50.2. The van der Waals surface area contributed by atoms with Gasteiger partial charge in [0.25, 0.3) is 0 Å². The van der Waals surface area contributed by atoms with Gasteiger partial charge in [0.15, 0.2) is 0 Å². The molecule has 0 aliphatic heterocycles. The summed E-state index contributed by atoms with van der Waals surface area (Å²) in [6.45, 7) is 7.28. The molecule has 166 valence electrons. The van der Waals surface area contributed by atoms with E-state index >= 15 is 0 Å². The van der Waals surface area contributed by atoms with E-state index in [2.05, 4.69) is 20.8 Å². The van der Waals surface area contributed by atoms with Crippen LogP contribution in [0.4, 0.5) is 0 Å². The van der Waals surface area contributed by atoms with E-state index in [0.29, 0.717) is 41.4 Å². The van der Waals surface area contributed by atoms with E-state index in [1.807, 2.05) is 0 Å². The molecule has 4 fully saturated rings. The van der Waals surface area contributed by atoms with Crippen LogP contribution in [0.2, 0.25) is 0 Å². The minimum absolute atomic E-state index is 0.0888. The SMILES string of the molecule is COC(=O)CC[C@@H](C)[C@H]1CC[C@H]2[C@@H]3C[C@H](O)C4C[C@H](O)CC[C@]4(C)[C@H]3CC[C@]12C. The Morgan fingerprint density at radius 1 is 1.00 bits per heavy atom. The van der Waals surface area contributed by atoms with Gasteiger partial charge in [-0.05, 0) is 104 Å². The second-order valence-electron chi connectivity index (χ2n) is 11.5. The predicted octanol–water partition coefficient (Wildman–Crippen LogP) is 4.57. The Morgan fingerprint density at radius 2 is 1.69 bits per heavy atom. The van der Waals surface area contributed by atoms with Gasteiger partial charge in [-0.25, -0.2) is 0 Å². The summed E-state index contributed by atoms with van der Waals surface area (Å²) in [5.74, 6) is 3.42. The largest absolute Gasteiger partial charge is 0.469 e. The average Bonchev–Trinajstić information content (AvgIpc) is 3.05. The Morgan fingerprint density at radius 3 is 2.41 bits per heavy atom. The van der Waals surface area contributed by atoms with E-state index < -0.39 is 0 Å². The molecule has 29 heavy (non-hydrogen) atoms. The lowest BCUT2D eigenvalue weighted by Crippen LogP contribution is -2.58. The number of hydrogen-bond acceptors (Lipinski definition) is 4. The first-order valence-corrected chi connectivity index (χ1v) is 12.1. The average molecular weight is 407 g/mol. The van der Waals surface area contributed by atoms with Gasteiger partial charge in [0.1, 0.15) is 0 Å². The highest BCUT2D eigenvalue weighted by molar-refractivity contribution is 5.69. The summed E-state index contributed by atoms with van der Waals surface area (Å²) in [6.07, 6.45) is 9.77. The first-order chi connectivity index (χ1) is 13.7. The van der Waals surface area contributed by atoms with E-state index in [4.69, 9.17) is 4.74 Å². The van der Waals surface area contributed by atoms with Gasteiger partial charge >= 0.3 is 5.97 Å². The summed E-state index contributed by atoms with van der Waals surface area (Å²) in [4.78, 5) is 11.6. The van der Waals surface area contributed by atoms with E-state index in [0.717, 1.165) is 32.1 Å². The molecule has 10 atom stereocenters. The second-order valence-corrected chi connectivity index (χ2v) is 11.5. The lowest BCUT2D eigenvalue weighted by Gasteiger charge is -2.62. The van der Waals surface area contributed by atoms with Crippen LogP contribution >= 0.6 is 0 Å². The van der Waals surface area contributed by atoms with Crippen LogP contribution in [-0.4, -0.2) is 35.5 Å². The van der Waals surface area contributed by atoms with E-state index in [1.165, 1.54) is 32.8 Å². The number of hydrogen-bond donors (Lipinski definition) is 2. The molecule has 0 radical (unpaired) electrons. The second kappa shape index (κ2) is 7.82. The lowest BCUT2D eigenvalue weighted by atomic mass is 9.44. The van der Waals surface area contributed by atoms with Crippen molar-refractivity contribution in [3.05, 3.63) is 0 Å². The maximum atomic E-state index is 11.6. The zero-order valence-corrected chi connectivity index (χ0v) is 18.9. The molecule has 0 spiro atoms. The van der Waals surface area contributed by atoms with Gasteiger partial charge in [-0.3, -0.25) is 4.79 Å². The molecule has 4 heteroatoms. The fraction of sp³-hybridized carbons (Fsp3) is 0.960. The Hall–Kier alpha value is -0.610. The van der Waals surface area contributed by atoms with Gasteiger partial charge in [0, 0.05) is 6.42 Å². The lowest BCUT2D eigenvalue weighted by molar-refractivity contribution is -0.172. The van der Waals surface area contributed by atoms with Gasteiger partial charge in [-0.2, -0.15) is 0 Å². The van der Waals surface area contributed by atoms with Crippen LogP contribution in [0.5, 0.6) is 0 Å². The van der Waals surface area contributed by atoms with Crippen molar-refractivity contribution in [2.45, 2.75) is 97.2 Å². The van der Waals surface area contributed by atoms with Crippen LogP contribution in [-0.2, 0) is 9.53 Å². The van der Waals surface area contributed by atoms with Crippen molar-refractivity contribution in [2.24, 2.45) is 46.3 Å². The molecule has 4 saturated carbocycles. The van der Waals surface area contributed by atoms with E-state index in [-0.39, 0.29) is 29.5 Å². The number of carbonyl (C=O) groups is 1. The maximum Gasteiger partial charge on any atom is 0.305 e. The molecule has 4 rings (SSSR count). The smallest absolute Gasteiger partial charge is 0.305 e. The molecule has 0 aromatic heterocycles. The van der Waals surface area contributed by atoms with E-state index in [1.54, 1.807) is 0 Å². The monoisotopic (exact) mass is 406 g/mol. The molecule has 2 N–H and O–H groups in total. The first-order valence-electron chi connectivity index (χ1n) is 12.1. The Labute approximate surface area is 176 Å². The highest BCUT2D eigenvalue weighted by Gasteiger charge is 2.62. The van der Waals surface area contributed by atoms with Gasteiger partial charge in [0.2, 0.25) is 0 Å². The molecule has 0 aromatic carbocycles. The summed E-state index contributed by atoms with van der Waals surface area (Å²) in [5.41, 5.74) is 0.533. The number of fused-ring (bicyclic) bond motifs is 5. The quantitative estimate of drug-likeness (QED) is 0.671. The number of methoxy groups -OCH3 is 1. The molecular formula is C25H42O4. The van der Waals surface area contributed by atoms with Gasteiger partial charge < -0.3 is 14.9 Å². The highest BCUT2D eigenvalue weighted by atomic mass is 16.5. The van der Waals surface area contributed by atoms with Crippen molar-refractivity contribution in [1.29, 1.82) is 0 Å². The van der Waals surface area contributed by atoms with Crippen LogP contribution < -0.4 is 0 Å². The zero-order valence-electron chi connectivity index (χ0n) is 18.9. The molecule has 0 aromatic rings. The number of esters is 1. The Bertz CT molecular complexity index is 620. The molecule has 0 saturated heterocycles. The van der Waals surface area contributed by atoms with Crippen LogP contribution in [0.1, 0.15) is 85.0 Å². The Balaban J connectivity index is 1.52. The predicted molar refractivity (Wildman–Crippen MR) is 113 cm³/mol. The molecule has 0 heterocycles. The van der Waals surface area contributed by atoms with Crippen molar-refractivity contribution in [3.8, 4) is 0 Å². The van der Waals surface area contributed by atoms with Crippen molar-refractivity contribution in [3.63, 3.8) is 0 Å². The first kappa shape index (κ1) is 21.6. The molecule has 4 aliphatic carbocycles. The zero-order chi connectivity index (χ0) is 21.0. The minimum atomic E-state index is -0.255. The summed E-state index contributed by atoms with van der Waals surface area (Å²) in [5, 5.41) is 21.3. The number of aliphatic hydroxyl groups excluding tert-OH is 2. The number of rotatable bonds is 4. The fourth-order valence-corrected chi connectivity index (χ4v) is 8.90. The molecule has 0 bridgehead atoms. The summed E-state index contributed by atoms with van der Waals surface area (Å²) in [6, 6.07) is 0. The van der Waals surface area contributed by atoms with Crippen molar-refractivity contribution < 1.29 is 19.7 Å². The standard InChI is InChI=1S/C25H42O4/c1-15(5-8-23(28)29-4)18-6-7-19-17-14-22(27)21-13-16(26)9-11-25(21,3)20(17)10-12-24(18,19)2/h15-22,26-27H,5-14H2,1-4H3/t15-,16-,17+,18-,19+,20+,21?,22+,24-,25-/m1/s1. The Kier molecular flexibility index (Phi) is 5.83. The molecular weight excluding hydrogens is 364 g/mol. The van der Waals surface area contributed by atoms with Gasteiger partial charge in [-0.15, -0.1) is 0 Å². The summed E-state index contributed by atoms with van der Waals surface area (Å²) >= 11 is 0. The third-order valence-electron chi connectivity index (χ3n) is 10.4. The molecule has 0 amide bonds. The molecule has 4 aliphatic rings. The van der Waals surface area contributed by atoms with Gasteiger partial charge in [-0.1, -0.05) is 20.8 Å². The third-order valence-corrected chi connectivity index (χ3v) is 10.4. The molecule has 1 unspecified atom stereocenters. The van der Waals surface area contributed by atoms with Gasteiger partial charge in [0.05, 0.1) is 19.3 Å². The fourth-order valence-electron chi connectivity index (χ4n) is 8.90. The van der Waals surface area contributed by atoms with Crippen molar-refractivity contribution in [2.75, 3.05) is 7.11 Å². The van der Waals surface area contributed by atoms with Crippen LogP contribution in [0.15, 0.2) is 0 Å². The summed E-state index contributed by atoms with van der Waals surface area (Å²) < 4.78 is 4.86. The topological polar surface area (TPSA) is 66.8 Å². The number of ether oxygens (including phenoxy) is 1. The minimum Gasteiger partial charge on any atom is -0.469 e. The van der Waals surface area contributed by atoms with Crippen LogP contribution in [0.25, 0.3) is 0 Å². The van der Waals surface area contributed by atoms with Crippen molar-refractivity contribution in [1.82, 2.24) is 0 Å². The van der Waals surface area contributed by atoms with E-state index in [9.17, 15) is 15.0 Å². The summed E-state index contributed by atoms with van der Waals surface area (Å²) in [7, 11) is 1.48. The van der Waals surface area contributed by atoms with Crippen LogP contribution in [0.3, 0.4) is 0 Å². The highest BCUT2D eigenvalue weighted by Crippen LogP contribution is 2.68. The third kappa shape index (κ3) is 3.46. The number of carbonyl (C=O) groups excluding carboxylic acids is 1. The maximum absolute atomic E-state index is 11.6. The molecule has 4 nitrogen and oxygen atoms in total.